The maximum Gasteiger partial charge on any atom is 0.231 e. The number of hydrogen-bond donors (Lipinski definition) is 0. The quantitative estimate of drug-likeness (QED) is 0.645. The predicted molar refractivity (Wildman–Crippen MR) is 105 cm³/mol. The summed E-state index contributed by atoms with van der Waals surface area (Å²) in [5, 5.41) is 9.67. The fourth-order valence-corrected chi connectivity index (χ4v) is 3.42. The first-order chi connectivity index (χ1) is 13.5. The van der Waals surface area contributed by atoms with Crippen molar-refractivity contribution in [2.24, 2.45) is 7.05 Å². The van der Waals surface area contributed by atoms with Crippen LogP contribution in [-0.4, -0.2) is 24.1 Å². The third-order valence-electron chi connectivity index (χ3n) is 4.84. The van der Waals surface area contributed by atoms with Crippen LogP contribution in [0.5, 0.6) is 17.2 Å². The van der Waals surface area contributed by atoms with E-state index in [9.17, 15) is 4.79 Å². The summed E-state index contributed by atoms with van der Waals surface area (Å²) in [6, 6.07) is 11.1. The minimum atomic E-state index is -0.176. The Morgan fingerprint density at radius 3 is 2.86 bits per heavy atom. The molecule has 0 atom stereocenters. The molecule has 6 nitrogen and oxygen atoms in total. The van der Waals surface area contributed by atoms with Crippen molar-refractivity contribution in [2.75, 3.05) is 13.7 Å². The summed E-state index contributed by atoms with van der Waals surface area (Å²) < 4.78 is 18.6. The van der Waals surface area contributed by atoms with Crippen molar-refractivity contribution in [3.63, 3.8) is 0 Å². The molecule has 28 heavy (non-hydrogen) atoms. The van der Waals surface area contributed by atoms with Gasteiger partial charge >= 0.3 is 0 Å². The lowest BCUT2D eigenvalue weighted by Crippen LogP contribution is -1.98. The highest BCUT2D eigenvalue weighted by atomic mass is 16.5. The molecule has 3 aromatic rings. The molecule has 0 saturated carbocycles. The Kier molecular flexibility index (Phi) is 4.28. The maximum atomic E-state index is 12.8. The number of Topliss-reactive ketones (excluding diaryl/α,β-unsaturated/α-hetero) is 1. The van der Waals surface area contributed by atoms with Gasteiger partial charge < -0.3 is 18.8 Å². The number of nitriles is 1. The number of carbonyl (C=O) groups excluding carboxylic acids is 1. The number of fused-ring (bicyclic) bond motifs is 2. The van der Waals surface area contributed by atoms with Crippen LogP contribution < -0.4 is 14.2 Å². The summed E-state index contributed by atoms with van der Waals surface area (Å²) in [6.45, 7) is 1.75. The van der Waals surface area contributed by atoms with Gasteiger partial charge in [0.05, 0.1) is 12.7 Å². The molecule has 0 fully saturated rings. The van der Waals surface area contributed by atoms with Crippen molar-refractivity contribution in [3.8, 4) is 23.3 Å². The summed E-state index contributed by atoms with van der Waals surface area (Å²) in [5.41, 5.74) is 3.08. The Bertz CT molecular complexity index is 1180. The molecule has 0 radical (unpaired) electrons. The molecule has 2 heterocycles. The molecule has 0 bridgehead atoms. The number of methoxy groups -OCH3 is 1. The van der Waals surface area contributed by atoms with E-state index in [4.69, 9.17) is 19.5 Å². The molecule has 1 aliphatic heterocycles. The lowest BCUT2D eigenvalue weighted by atomic mass is 10.1. The molecule has 1 aliphatic rings. The summed E-state index contributed by atoms with van der Waals surface area (Å²) in [5.74, 6) is 1.83. The van der Waals surface area contributed by atoms with Gasteiger partial charge in [-0.05, 0) is 43.3 Å². The standard InChI is InChI=1S/C22H18N2O4/c1-13-19(27-9-8-23)7-5-16-21(25)20(28-22(13)16)10-14-12-24(2)18-6-4-15(26-3)11-17(14)18/h4-7,10-12H,9H2,1-3H3/b20-10-. The van der Waals surface area contributed by atoms with E-state index < -0.39 is 0 Å². The summed E-state index contributed by atoms with van der Waals surface area (Å²) in [7, 11) is 3.57. The second-order valence-electron chi connectivity index (χ2n) is 6.53. The van der Waals surface area contributed by atoms with E-state index in [0.717, 1.165) is 22.2 Å². The maximum absolute atomic E-state index is 12.8. The highest BCUT2D eigenvalue weighted by molar-refractivity contribution is 6.15. The summed E-state index contributed by atoms with van der Waals surface area (Å²) >= 11 is 0. The number of carbonyl (C=O) groups is 1. The zero-order chi connectivity index (χ0) is 19.8. The van der Waals surface area contributed by atoms with Crippen LogP contribution in [-0.2, 0) is 7.05 Å². The van der Waals surface area contributed by atoms with Gasteiger partial charge in [0.1, 0.15) is 23.3 Å². The molecule has 1 aromatic heterocycles. The van der Waals surface area contributed by atoms with E-state index in [1.54, 1.807) is 25.3 Å². The number of ketones is 1. The summed E-state index contributed by atoms with van der Waals surface area (Å²) in [4.78, 5) is 12.8. The van der Waals surface area contributed by atoms with Gasteiger partial charge in [-0.15, -0.1) is 0 Å². The van der Waals surface area contributed by atoms with Crippen LogP contribution in [0.3, 0.4) is 0 Å². The first kappa shape index (κ1) is 17.7. The largest absolute Gasteiger partial charge is 0.497 e. The average Bonchev–Trinajstić information content (AvgIpc) is 3.19. The fourth-order valence-electron chi connectivity index (χ4n) is 3.42. The van der Waals surface area contributed by atoms with E-state index in [1.807, 2.05) is 49.0 Å². The third-order valence-corrected chi connectivity index (χ3v) is 4.84. The van der Waals surface area contributed by atoms with Gasteiger partial charge in [-0.1, -0.05) is 0 Å². The van der Waals surface area contributed by atoms with Crippen LogP contribution in [0.25, 0.3) is 17.0 Å². The SMILES string of the molecule is COc1ccc2c(c1)c(/C=C1\Oc3c(ccc(OCC#N)c3C)C1=O)cn2C. The molecule has 0 unspecified atom stereocenters. The van der Waals surface area contributed by atoms with Crippen LogP contribution in [0.4, 0.5) is 0 Å². The van der Waals surface area contributed by atoms with Gasteiger partial charge in [0.2, 0.25) is 5.78 Å². The number of ether oxygens (including phenoxy) is 3. The van der Waals surface area contributed by atoms with Crippen LogP contribution >= 0.6 is 0 Å². The molecule has 0 amide bonds. The number of aromatic nitrogens is 1. The number of benzene rings is 2. The fraction of sp³-hybridized carbons (Fsp3) is 0.182. The van der Waals surface area contributed by atoms with Crippen LogP contribution in [0, 0.1) is 18.3 Å². The number of hydrogen-bond acceptors (Lipinski definition) is 5. The molecular weight excluding hydrogens is 356 g/mol. The van der Waals surface area contributed by atoms with Crippen LogP contribution in [0.2, 0.25) is 0 Å². The van der Waals surface area contributed by atoms with E-state index in [0.29, 0.717) is 22.6 Å². The Morgan fingerprint density at radius 2 is 2.11 bits per heavy atom. The molecule has 4 rings (SSSR count). The predicted octanol–water partition coefficient (Wildman–Crippen LogP) is 4.01. The molecule has 0 N–H and O–H groups in total. The smallest absolute Gasteiger partial charge is 0.231 e. The highest BCUT2D eigenvalue weighted by Crippen LogP contribution is 2.39. The first-order valence-corrected chi connectivity index (χ1v) is 8.74. The second kappa shape index (κ2) is 6.78. The van der Waals surface area contributed by atoms with Crippen molar-refractivity contribution in [1.82, 2.24) is 4.57 Å². The molecular formula is C22H18N2O4. The molecule has 0 saturated heterocycles. The van der Waals surface area contributed by atoms with Gasteiger partial charge in [-0.2, -0.15) is 5.26 Å². The summed E-state index contributed by atoms with van der Waals surface area (Å²) in [6.07, 6.45) is 3.70. The van der Waals surface area contributed by atoms with Crippen LogP contribution in [0.1, 0.15) is 21.5 Å². The van der Waals surface area contributed by atoms with Gasteiger partial charge in [-0.25, -0.2) is 0 Å². The monoisotopic (exact) mass is 374 g/mol. The number of allylic oxidation sites excluding steroid dienone is 1. The van der Waals surface area contributed by atoms with Crippen molar-refractivity contribution >= 4 is 22.8 Å². The lowest BCUT2D eigenvalue weighted by Gasteiger charge is -2.08. The highest BCUT2D eigenvalue weighted by Gasteiger charge is 2.30. The molecule has 2 aromatic carbocycles. The van der Waals surface area contributed by atoms with Gasteiger partial charge in [0, 0.05) is 35.3 Å². The van der Waals surface area contributed by atoms with Crippen LogP contribution in [0.15, 0.2) is 42.3 Å². The Balaban J connectivity index is 1.76. The lowest BCUT2D eigenvalue weighted by molar-refractivity contribution is 0.101. The second-order valence-corrected chi connectivity index (χ2v) is 6.53. The minimum absolute atomic E-state index is 0.0614. The van der Waals surface area contributed by atoms with E-state index in [2.05, 4.69) is 0 Å². The molecule has 6 heteroatoms. The van der Waals surface area contributed by atoms with E-state index >= 15 is 0 Å². The Hall–Kier alpha value is -3.72. The van der Waals surface area contributed by atoms with Gasteiger partial charge in [-0.3, -0.25) is 4.79 Å². The first-order valence-electron chi connectivity index (χ1n) is 8.74. The molecule has 0 aliphatic carbocycles. The third kappa shape index (κ3) is 2.78. The van der Waals surface area contributed by atoms with Gasteiger partial charge in [0.15, 0.2) is 12.4 Å². The number of aryl methyl sites for hydroxylation is 1. The Morgan fingerprint density at radius 1 is 1.29 bits per heavy atom. The van der Waals surface area contributed by atoms with Crippen molar-refractivity contribution in [2.45, 2.75) is 6.92 Å². The Labute approximate surface area is 162 Å². The average molecular weight is 374 g/mol. The van der Waals surface area contributed by atoms with E-state index in [1.165, 1.54) is 0 Å². The molecule has 0 spiro atoms. The zero-order valence-electron chi connectivity index (χ0n) is 15.8. The minimum Gasteiger partial charge on any atom is -0.497 e. The van der Waals surface area contributed by atoms with E-state index in [-0.39, 0.29) is 18.1 Å². The number of rotatable bonds is 4. The molecule has 140 valence electrons. The zero-order valence-corrected chi connectivity index (χ0v) is 15.8. The van der Waals surface area contributed by atoms with Gasteiger partial charge in [0.25, 0.3) is 0 Å². The van der Waals surface area contributed by atoms with Crippen molar-refractivity contribution < 1.29 is 19.0 Å². The van der Waals surface area contributed by atoms with Crippen molar-refractivity contribution in [3.05, 3.63) is 59.0 Å². The topological polar surface area (TPSA) is 73.5 Å². The normalized spacial score (nSPS) is 14.1. The van der Waals surface area contributed by atoms with Crippen molar-refractivity contribution in [1.29, 1.82) is 5.26 Å². The number of nitrogens with zero attached hydrogens (tertiary/aromatic N) is 2.